The standard InChI is InChI=1S/C41H46N6O9S/c1-3-25-26-9-4-5-10-30(26)45-34-28(25)20-47-32(34)19-27-29(37(47)50)21-54-39(52)35(27)56-38(51)22(2)43-36(49)31(11-6-7-17-42)46-41(57)44-23-13-15-24(16-14-23)55-40-33(48)12-8-18-53-40/h4-5,9-10,13-16,19,22,31,33,35,40,48H,3,6-8,11-12,17-18,20-21,42H2,1-2H3,(H,43,49)(H2,44,46,57)/t22-,31-,33-,35-,40+/m0/s1. The van der Waals surface area contributed by atoms with Crippen molar-refractivity contribution < 1.29 is 38.4 Å². The Labute approximate surface area is 334 Å². The van der Waals surface area contributed by atoms with Crippen molar-refractivity contribution in [2.24, 2.45) is 5.73 Å². The van der Waals surface area contributed by atoms with Gasteiger partial charge in [-0.15, -0.1) is 0 Å². The maximum absolute atomic E-state index is 13.9. The van der Waals surface area contributed by atoms with E-state index < -0.39 is 48.4 Å². The molecule has 0 spiro atoms. The summed E-state index contributed by atoms with van der Waals surface area (Å²) in [5, 5.41) is 20.1. The lowest BCUT2D eigenvalue weighted by Gasteiger charge is -2.28. The van der Waals surface area contributed by atoms with E-state index in [1.54, 1.807) is 34.9 Å². The fourth-order valence-corrected chi connectivity index (χ4v) is 7.70. The smallest absolute Gasteiger partial charge is 0.352 e. The lowest BCUT2D eigenvalue weighted by atomic mass is 9.97. The lowest BCUT2D eigenvalue weighted by molar-refractivity contribution is -0.172. The molecular formula is C41H46N6O9S. The summed E-state index contributed by atoms with van der Waals surface area (Å²) in [6.45, 7) is 4.51. The molecule has 0 radical (unpaired) electrons. The van der Waals surface area contributed by atoms with Crippen LogP contribution in [0.25, 0.3) is 22.3 Å². The quantitative estimate of drug-likeness (QED) is 0.0658. The highest BCUT2D eigenvalue weighted by molar-refractivity contribution is 7.80. The predicted octanol–water partition coefficient (Wildman–Crippen LogP) is 3.49. The van der Waals surface area contributed by atoms with Crippen LogP contribution in [0, 0.1) is 0 Å². The number of anilines is 1. The van der Waals surface area contributed by atoms with E-state index in [1.807, 2.05) is 24.3 Å². The number of aromatic nitrogens is 2. The fraction of sp³-hybridized carbons (Fsp3) is 0.415. The topological polar surface area (TPSA) is 205 Å². The van der Waals surface area contributed by atoms with E-state index in [0.717, 1.165) is 34.9 Å². The molecule has 0 aliphatic carbocycles. The van der Waals surface area contributed by atoms with Gasteiger partial charge in [0.25, 0.3) is 5.56 Å². The van der Waals surface area contributed by atoms with Gasteiger partial charge in [0.2, 0.25) is 18.3 Å². The molecule has 5 atom stereocenters. The van der Waals surface area contributed by atoms with Crippen molar-refractivity contribution in [2.45, 2.75) is 96.1 Å². The Kier molecular flexibility index (Phi) is 12.1. The molecule has 15 nitrogen and oxygen atoms in total. The second kappa shape index (κ2) is 17.4. The predicted molar refractivity (Wildman–Crippen MR) is 214 cm³/mol. The van der Waals surface area contributed by atoms with E-state index in [-0.39, 0.29) is 28.4 Å². The minimum absolute atomic E-state index is 0.160. The second-order valence-electron chi connectivity index (χ2n) is 14.3. The number of aryl methyl sites for hydroxylation is 1. The van der Waals surface area contributed by atoms with E-state index >= 15 is 0 Å². The van der Waals surface area contributed by atoms with Crippen LogP contribution in [0.2, 0.25) is 0 Å². The van der Waals surface area contributed by atoms with Crippen LogP contribution >= 0.6 is 12.2 Å². The number of carbonyl (C=O) groups is 3. The summed E-state index contributed by atoms with van der Waals surface area (Å²) in [4.78, 5) is 59.0. The Hall–Kier alpha value is -5.42. The number of nitrogens with two attached hydrogens (primary N) is 1. The average molecular weight is 799 g/mol. The number of thiocarbonyl (C=S) groups is 1. The number of benzene rings is 2. The molecule has 1 saturated heterocycles. The minimum atomic E-state index is -1.53. The molecule has 6 N–H and O–H groups in total. The Morgan fingerprint density at radius 2 is 1.89 bits per heavy atom. The normalized spacial score (nSPS) is 19.3. The number of pyridine rings is 2. The van der Waals surface area contributed by atoms with Crippen molar-refractivity contribution in [3.05, 3.63) is 87.2 Å². The fourth-order valence-electron chi connectivity index (χ4n) is 7.44. The van der Waals surface area contributed by atoms with Crippen molar-refractivity contribution in [1.29, 1.82) is 0 Å². The molecule has 300 valence electrons. The number of aliphatic hydroxyl groups is 1. The van der Waals surface area contributed by atoms with Crippen LogP contribution < -0.4 is 32.0 Å². The maximum Gasteiger partial charge on any atom is 0.352 e. The largest absolute Gasteiger partial charge is 0.462 e. The monoisotopic (exact) mass is 798 g/mol. The molecule has 2 aromatic carbocycles. The summed E-state index contributed by atoms with van der Waals surface area (Å²) in [6, 6.07) is 14.3. The molecule has 1 amide bonds. The van der Waals surface area contributed by atoms with Crippen molar-refractivity contribution in [3.8, 4) is 17.1 Å². The van der Waals surface area contributed by atoms with Crippen molar-refractivity contribution in [2.75, 3.05) is 18.5 Å². The molecule has 1 fully saturated rings. The number of para-hydroxylation sites is 1. The number of cyclic esters (lactones) is 1. The number of nitrogens with one attached hydrogen (secondary N) is 3. The van der Waals surface area contributed by atoms with Crippen LogP contribution in [0.4, 0.5) is 5.69 Å². The highest BCUT2D eigenvalue weighted by atomic mass is 32.1. The number of esters is 2. The third-order valence-corrected chi connectivity index (χ3v) is 10.7. The van der Waals surface area contributed by atoms with Gasteiger partial charge in [0, 0.05) is 22.2 Å². The summed E-state index contributed by atoms with van der Waals surface area (Å²) in [6.07, 6.45) is 0.743. The number of carbonyl (C=O) groups excluding carboxylic acids is 3. The zero-order chi connectivity index (χ0) is 40.2. The van der Waals surface area contributed by atoms with Crippen LogP contribution in [-0.2, 0) is 48.2 Å². The van der Waals surface area contributed by atoms with Gasteiger partial charge in [-0.2, -0.15) is 0 Å². The first-order valence-corrected chi connectivity index (χ1v) is 19.7. The zero-order valence-corrected chi connectivity index (χ0v) is 32.6. The Morgan fingerprint density at radius 1 is 1.11 bits per heavy atom. The molecule has 16 heteroatoms. The van der Waals surface area contributed by atoms with Crippen LogP contribution in [0.15, 0.2) is 59.4 Å². The van der Waals surface area contributed by atoms with Gasteiger partial charge < -0.3 is 50.3 Å². The molecule has 3 aliphatic heterocycles. The molecule has 0 unspecified atom stereocenters. The first-order valence-electron chi connectivity index (χ1n) is 19.2. The number of amides is 1. The van der Waals surface area contributed by atoms with Gasteiger partial charge >= 0.3 is 11.9 Å². The molecule has 7 rings (SSSR count). The van der Waals surface area contributed by atoms with Crippen LogP contribution in [-0.4, -0.2) is 75.2 Å². The number of fused-ring (bicyclic) bond motifs is 5. The van der Waals surface area contributed by atoms with Gasteiger partial charge in [-0.3, -0.25) is 9.59 Å². The van der Waals surface area contributed by atoms with E-state index in [0.29, 0.717) is 68.2 Å². The second-order valence-corrected chi connectivity index (χ2v) is 14.7. The number of ether oxygens (including phenoxy) is 4. The van der Waals surface area contributed by atoms with Gasteiger partial charge in [0.1, 0.15) is 30.5 Å². The van der Waals surface area contributed by atoms with Crippen LogP contribution in [0.1, 0.15) is 74.3 Å². The Morgan fingerprint density at radius 3 is 2.65 bits per heavy atom. The molecule has 57 heavy (non-hydrogen) atoms. The minimum Gasteiger partial charge on any atom is -0.462 e. The molecule has 4 aromatic rings. The molecule has 5 heterocycles. The molecule has 0 saturated carbocycles. The number of nitrogens with zero attached hydrogens (tertiary/aromatic N) is 2. The van der Waals surface area contributed by atoms with Crippen LogP contribution in [0.3, 0.4) is 0 Å². The van der Waals surface area contributed by atoms with Crippen molar-refractivity contribution >= 4 is 51.8 Å². The maximum atomic E-state index is 13.9. The van der Waals surface area contributed by atoms with E-state index in [1.165, 1.54) is 6.92 Å². The van der Waals surface area contributed by atoms with E-state index in [4.69, 9.17) is 41.9 Å². The Bertz CT molecular complexity index is 2250. The van der Waals surface area contributed by atoms with Gasteiger partial charge in [-0.05, 0) is 106 Å². The first kappa shape index (κ1) is 39.8. The van der Waals surface area contributed by atoms with Gasteiger partial charge in [-0.1, -0.05) is 25.1 Å². The third-order valence-electron chi connectivity index (χ3n) is 10.4. The number of unbranched alkanes of at least 4 members (excludes halogenated alkanes) is 1. The number of hydrogen-bond donors (Lipinski definition) is 5. The number of hydrogen-bond acceptors (Lipinski definition) is 12. The Balaban J connectivity index is 1.02. The van der Waals surface area contributed by atoms with Crippen molar-refractivity contribution in [1.82, 2.24) is 20.2 Å². The summed E-state index contributed by atoms with van der Waals surface area (Å²) in [5.41, 5.74) is 10.4. The lowest BCUT2D eigenvalue weighted by Crippen LogP contribution is -2.52. The van der Waals surface area contributed by atoms with E-state index in [9.17, 15) is 24.3 Å². The van der Waals surface area contributed by atoms with Gasteiger partial charge in [0.05, 0.1) is 35.6 Å². The van der Waals surface area contributed by atoms with Gasteiger partial charge in [0.15, 0.2) is 5.11 Å². The molecular weight excluding hydrogens is 753 g/mol. The number of rotatable bonds is 13. The van der Waals surface area contributed by atoms with Crippen LogP contribution in [0.5, 0.6) is 5.75 Å². The van der Waals surface area contributed by atoms with Gasteiger partial charge in [-0.25, -0.2) is 14.6 Å². The SMILES string of the molecule is CCc1c2c(nc3ccccc13)-c1cc3c(c(=O)n1C2)COC(=O)[C@H]3OC(=O)[C@H](C)NC(=O)[C@H](CCCCN)NC(=S)Nc1ccc(O[C@H]2OCCC[C@@H]2O)cc1. The summed E-state index contributed by atoms with van der Waals surface area (Å²) in [7, 11) is 0. The van der Waals surface area contributed by atoms with E-state index in [2.05, 4.69) is 22.9 Å². The van der Waals surface area contributed by atoms with Crippen molar-refractivity contribution in [3.63, 3.8) is 0 Å². The third kappa shape index (κ3) is 8.49. The summed E-state index contributed by atoms with van der Waals surface area (Å²) < 4.78 is 24.0. The summed E-state index contributed by atoms with van der Waals surface area (Å²) >= 11 is 5.53. The molecule has 0 bridgehead atoms. The summed E-state index contributed by atoms with van der Waals surface area (Å²) in [5.74, 6) is -1.74. The first-order chi connectivity index (χ1) is 27.6. The average Bonchev–Trinajstić information content (AvgIpc) is 3.57. The molecule has 3 aliphatic rings. The number of aliphatic hydroxyl groups excluding tert-OH is 1. The highest BCUT2D eigenvalue weighted by Crippen LogP contribution is 2.38. The molecule has 2 aromatic heterocycles. The zero-order valence-electron chi connectivity index (χ0n) is 31.7. The highest BCUT2D eigenvalue weighted by Gasteiger charge is 2.39.